The molecule has 3 heterocycles. The van der Waals surface area contributed by atoms with E-state index in [0.29, 0.717) is 38.3 Å². The molecule has 0 bridgehead atoms. The average Bonchev–Trinajstić information content (AvgIpc) is 3.08. The number of amides is 1. The number of rotatable bonds is 3. The fraction of sp³-hybridized carbons (Fsp3) is 0.471. The Morgan fingerprint density at radius 1 is 1.19 bits per heavy atom. The SMILES string of the molecule is O=C(Nc1nc2n(n1)CC(N1CCOCC1)CC2)c1ccc(F)c(F)c1F. The predicted molar refractivity (Wildman–Crippen MR) is 88.8 cm³/mol. The van der Waals surface area contributed by atoms with Crippen molar-refractivity contribution in [3.63, 3.8) is 0 Å². The zero-order chi connectivity index (χ0) is 19.0. The molecule has 1 saturated heterocycles. The Hall–Kier alpha value is -2.46. The normalized spacial score (nSPS) is 20.3. The van der Waals surface area contributed by atoms with Crippen LogP contribution < -0.4 is 5.32 Å². The summed E-state index contributed by atoms with van der Waals surface area (Å²) in [5, 5.41) is 6.61. The number of anilines is 1. The first-order valence-electron chi connectivity index (χ1n) is 8.73. The van der Waals surface area contributed by atoms with Crippen molar-refractivity contribution in [3.05, 3.63) is 41.0 Å². The van der Waals surface area contributed by atoms with Crippen LogP contribution in [0.25, 0.3) is 0 Å². The predicted octanol–water partition coefficient (Wildman–Crippen LogP) is 1.59. The monoisotopic (exact) mass is 381 g/mol. The summed E-state index contributed by atoms with van der Waals surface area (Å²) in [5.74, 6) is -4.77. The second-order valence-electron chi connectivity index (χ2n) is 6.55. The third-order valence-corrected chi connectivity index (χ3v) is 4.90. The van der Waals surface area contributed by atoms with E-state index in [2.05, 4.69) is 20.3 Å². The number of halogens is 3. The number of ether oxygens (including phenoxy) is 1. The van der Waals surface area contributed by atoms with Gasteiger partial charge in [-0.2, -0.15) is 4.98 Å². The lowest BCUT2D eigenvalue weighted by Crippen LogP contribution is -2.47. The van der Waals surface area contributed by atoms with E-state index >= 15 is 0 Å². The molecule has 7 nitrogen and oxygen atoms in total. The number of fused-ring (bicyclic) bond motifs is 1. The zero-order valence-corrected chi connectivity index (χ0v) is 14.4. The van der Waals surface area contributed by atoms with E-state index < -0.39 is 28.9 Å². The molecule has 4 rings (SSSR count). The van der Waals surface area contributed by atoms with Gasteiger partial charge >= 0.3 is 0 Å². The first-order valence-corrected chi connectivity index (χ1v) is 8.73. The summed E-state index contributed by atoms with van der Waals surface area (Å²) in [6.07, 6.45) is 1.62. The van der Waals surface area contributed by atoms with Crippen molar-refractivity contribution < 1.29 is 22.7 Å². The largest absolute Gasteiger partial charge is 0.379 e. The van der Waals surface area contributed by atoms with Crippen molar-refractivity contribution in [1.82, 2.24) is 19.7 Å². The maximum Gasteiger partial charge on any atom is 0.261 e. The van der Waals surface area contributed by atoms with Gasteiger partial charge in [-0.3, -0.25) is 15.0 Å². The fourth-order valence-electron chi connectivity index (χ4n) is 3.46. The van der Waals surface area contributed by atoms with Crippen LogP contribution in [0.15, 0.2) is 12.1 Å². The van der Waals surface area contributed by atoms with E-state index in [0.717, 1.165) is 31.4 Å². The number of carbonyl (C=O) groups excluding carboxylic acids is 1. The number of aryl methyl sites for hydroxylation is 1. The van der Waals surface area contributed by atoms with Crippen molar-refractivity contribution in [2.45, 2.75) is 25.4 Å². The second-order valence-corrected chi connectivity index (χ2v) is 6.55. The standard InChI is InChI=1S/C17H18F3N5O2/c18-12-3-2-11(14(19)15(12)20)16(26)22-17-21-13-4-1-10(9-25(13)23-17)24-5-7-27-8-6-24/h2-3,10H,1,4-9H2,(H,22,23,26). The van der Waals surface area contributed by atoms with Crippen LogP contribution in [0.5, 0.6) is 0 Å². The minimum atomic E-state index is -1.69. The topological polar surface area (TPSA) is 72.3 Å². The Balaban J connectivity index is 1.47. The number of carbonyl (C=O) groups is 1. The van der Waals surface area contributed by atoms with E-state index in [1.807, 2.05) is 0 Å². The fourth-order valence-corrected chi connectivity index (χ4v) is 3.46. The van der Waals surface area contributed by atoms with Crippen molar-refractivity contribution in [1.29, 1.82) is 0 Å². The minimum Gasteiger partial charge on any atom is -0.379 e. The summed E-state index contributed by atoms with van der Waals surface area (Å²) in [7, 11) is 0. The summed E-state index contributed by atoms with van der Waals surface area (Å²) >= 11 is 0. The van der Waals surface area contributed by atoms with Gasteiger partial charge in [0.1, 0.15) is 5.82 Å². The molecule has 1 unspecified atom stereocenters. The van der Waals surface area contributed by atoms with Gasteiger partial charge in [-0.15, -0.1) is 5.10 Å². The van der Waals surface area contributed by atoms with Crippen LogP contribution in [-0.2, 0) is 17.7 Å². The number of hydrogen-bond donors (Lipinski definition) is 1. The van der Waals surface area contributed by atoms with E-state index in [9.17, 15) is 18.0 Å². The van der Waals surface area contributed by atoms with Crippen LogP contribution >= 0.6 is 0 Å². The highest BCUT2D eigenvalue weighted by Gasteiger charge is 2.28. The maximum atomic E-state index is 13.8. The zero-order valence-electron chi connectivity index (χ0n) is 14.4. The van der Waals surface area contributed by atoms with Crippen molar-refractivity contribution in [2.24, 2.45) is 0 Å². The molecule has 1 aromatic heterocycles. The molecular formula is C17H18F3N5O2. The molecule has 1 N–H and O–H groups in total. The van der Waals surface area contributed by atoms with Gasteiger partial charge < -0.3 is 4.74 Å². The quantitative estimate of drug-likeness (QED) is 0.818. The highest BCUT2D eigenvalue weighted by molar-refractivity contribution is 6.03. The number of nitrogens with zero attached hydrogens (tertiary/aromatic N) is 4. The van der Waals surface area contributed by atoms with Crippen molar-refractivity contribution >= 4 is 11.9 Å². The van der Waals surface area contributed by atoms with Gasteiger partial charge in [-0.25, -0.2) is 17.9 Å². The number of aromatic nitrogens is 3. The van der Waals surface area contributed by atoms with E-state index in [-0.39, 0.29) is 5.95 Å². The average molecular weight is 381 g/mol. The summed E-state index contributed by atoms with van der Waals surface area (Å²) in [6.45, 7) is 3.79. The first kappa shape index (κ1) is 17.9. The minimum absolute atomic E-state index is 0.0155. The Morgan fingerprint density at radius 2 is 1.96 bits per heavy atom. The van der Waals surface area contributed by atoms with Gasteiger partial charge in [-0.1, -0.05) is 0 Å². The van der Waals surface area contributed by atoms with Crippen molar-refractivity contribution in [3.8, 4) is 0 Å². The van der Waals surface area contributed by atoms with E-state index in [1.165, 1.54) is 0 Å². The third kappa shape index (κ3) is 3.54. The number of hydrogen-bond acceptors (Lipinski definition) is 5. The Bertz CT molecular complexity index is 866. The molecule has 2 aromatic rings. The van der Waals surface area contributed by atoms with Crippen LogP contribution in [0.3, 0.4) is 0 Å². The molecule has 1 aromatic carbocycles. The van der Waals surface area contributed by atoms with Gasteiger partial charge in [0.15, 0.2) is 17.5 Å². The molecule has 2 aliphatic heterocycles. The Labute approximate surface area is 153 Å². The van der Waals surface area contributed by atoms with Gasteiger partial charge in [-0.05, 0) is 18.6 Å². The maximum absolute atomic E-state index is 13.8. The molecule has 0 saturated carbocycles. The van der Waals surface area contributed by atoms with Gasteiger partial charge in [0, 0.05) is 25.6 Å². The summed E-state index contributed by atoms with van der Waals surface area (Å²) in [4.78, 5) is 18.8. The Morgan fingerprint density at radius 3 is 2.74 bits per heavy atom. The smallest absolute Gasteiger partial charge is 0.261 e. The lowest BCUT2D eigenvalue weighted by Gasteiger charge is -2.36. The van der Waals surface area contributed by atoms with Gasteiger partial charge in [0.2, 0.25) is 5.95 Å². The van der Waals surface area contributed by atoms with Crippen LogP contribution in [0.4, 0.5) is 19.1 Å². The molecule has 27 heavy (non-hydrogen) atoms. The highest BCUT2D eigenvalue weighted by atomic mass is 19.2. The number of nitrogens with one attached hydrogen (secondary N) is 1. The second kappa shape index (κ2) is 7.28. The van der Waals surface area contributed by atoms with Gasteiger partial charge in [0.05, 0.1) is 25.3 Å². The summed E-state index contributed by atoms with van der Waals surface area (Å²) in [5.41, 5.74) is -0.604. The third-order valence-electron chi connectivity index (χ3n) is 4.90. The van der Waals surface area contributed by atoms with Crippen LogP contribution in [0.2, 0.25) is 0 Å². The van der Waals surface area contributed by atoms with Gasteiger partial charge in [0.25, 0.3) is 5.91 Å². The molecule has 0 aliphatic carbocycles. The molecule has 10 heteroatoms. The number of benzene rings is 1. The van der Waals surface area contributed by atoms with Crippen LogP contribution in [0.1, 0.15) is 22.6 Å². The lowest BCUT2D eigenvalue weighted by atomic mass is 10.1. The molecule has 2 aliphatic rings. The first-order chi connectivity index (χ1) is 13.0. The lowest BCUT2D eigenvalue weighted by molar-refractivity contribution is 0.00735. The molecular weight excluding hydrogens is 363 g/mol. The molecule has 1 atom stereocenters. The Kier molecular flexibility index (Phi) is 4.83. The van der Waals surface area contributed by atoms with E-state index in [1.54, 1.807) is 4.68 Å². The molecule has 0 spiro atoms. The summed E-state index contributed by atoms with van der Waals surface area (Å²) in [6, 6.07) is 1.90. The summed E-state index contributed by atoms with van der Waals surface area (Å²) < 4.78 is 47.2. The molecule has 0 radical (unpaired) electrons. The molecule has 1 amide bonds. The van der Waals surface area contributed by atoms with E-state index in [4.69, 9.17) is 4.74 Å². The van der Waals surface area contributed by atoms with Crippen LogP contribution in [0, 0.1) is 17.5 Å². The van der Waals surface area contributed by atoms with Crippen LogP contribution in [-0.4, -0.2) is 57.9 Å². The highest BCUT2D eigenvalue weighted by Crippen LogP contribution is 2.21. The molecule has 1 fully saturated rings. The molecule has 144 valence electrons. The van der Waals surface area contributed by atoms with Crippen molar-refractivity contribution in [2.75, 3.05) is 31.6 Å². The number of morpholine rings is 1.